The van der Waals surface area contributed by atoms with Crippen molar-refractivity contribution in [3.63, 3.8) is 0 Å². The lowest BCUT2D eigenvalue weighted by Gasteiger charge is -2.07. The fourth-order valence-electron chi connectivity index (χ4n) is 2.10. The van der Waals surface area contributed by atoms with Crippen LogP contribution in [-0.2, 0) is 4.79 Å². The molecule has 0 atom stereocenters. The van der Waals surface area contributed by atoms with E-state index in [-0.39, 0.29) is 25.1 Å². The Balaban J connectivity index is 1.71. The summed E-state index contributed by atoms with van der Waals surface area (Å²) in [4.78, 5) is 22.8. The highest BCUT2D eigenvalue weighted by atomic mass is 16.5. The molecule has 0 aliphatic carbocycles. The smallest absolute Gasteiger partial charge is 0.320 e. The predicted molar refractivity (Wildman–Crippen MR) is 102 cm³/mol. The van der Waals surface area contributed by atoms with E-state index in [9.17, 15) is 9.59 Å². The van der Waals surface area contributed by atoms with E-state index >= 15 is 0 Å². The zero-order chi connectivity index (χ0) is 18.8. The molecule has 3 amide bonds. The summed E-state index contributed by atoms with van der Waals surface area (Å²) in [6.45, 7) is 3.77. The Labute approximate surface area is 152 Å². The number of nitrogens with one attached hydrogen (secondary N) is 3. The Morgan fingerprint density at radius 1 is 1.04 bits per heavy atom. The summed E-state index contributed by atoms with van der Waals surface area (Å²) in [5, 5.41) is 8.11. The van der Waals surface area contributed by atoms with E-state index in [1.165, 1.54) is 6.92 Å². The van der Waals surface area contributed by atoms with Gasteiger partial charge in [-0.3, -0.25) is 4.79 Å². The molecular weight excluding hydrogens is 330 g/mol. The van der Waals surface area contributed by atoms with Crippen LogP contribution in [0.2, 0.25) is 0 Å². The van der Waals surface area contributed by atoms with Crippen molar-refractivity contribution in [1.29, 1.82) is 0 Å². The molecule has 0 saturated heterocycles. The minimum Gasteiger partial charge on any atom is -0.481 e. The fourth-order valence-corrected chi connectivity index (χ4v) is 2.10. The first-order valence-corrected chi connectivity index (χ1v) is 8.11. The minimum absolute atomic E-state index is 0.142. The zero-order valence-electron chi connectivity index (χ0n) is 14.8. The Kier molecular flexibility index (Phi) is 7.07. The number of benzene rings is 2. The molecule has 2 aromatic rings. The number of ether oxygens (including phenoxy) is 1. The van der Waals surface area contributed by atoms with Gasteiger partial charge in [0, 0.05) is 24.4 Å². The van der Waals surface area contributed by atoms with E-state index in [4.69, 9.17) is 4.74 Å². The number of urea groups is 1. The van der Waals surface area contributed by atoms with Crippen LogP contribution in [-0.4, -0.2) is 25.1 Å². The Hall–Kier alpha value is -3.46. The van der Waals surface area contributed by atoms with Crippen molar-refractivity contribution in [2.45, 2.75) is 13.8 Å². The van der Waals surface area contributed by atoms with Crippen LogP contribution in [0.15, 0.2) is 48.5 Å². The molecule has 134 valence electrons. The van der Waals surface area contributed by atoms with Gasteiger partial charge in [0.15, 0.2) is 0 Å². The molecule has 2 aromatic carbocycles. The standard InChI is InChI=1S/C20H21N3O3/c1-15-8-3-4-11-19(15)23-20(25)21-12-5-6-13-26-18-10-7-9-17(14-18)22-16(2)24/h3-4,7-11,14H,12-13H2,1-2H3,(H,22,24)(H2,21,23,25). The number of aryl methyl sites for hydroxylation is 1. The van der Waals surface area contributed by atoms with E-state index in [0.29, 0.717) is 11.4 Å². The van der Waals surface area contributed by atoms with Gasteiger partial charge in [0.05, 0.1) is 6.54 Å². The van der Waals surface area contributed by atoms with Crippen molar-refractivity contribution in [1.82, 2.24) is 5.32 Å². The average molecular weight is 351 g/mol. The van der Waals surface area contributed by atoms with Crippen LogP contribution in [0.4, 0.5) is 16.2 Å². The summed E-state index contributed by atoms with van der Waals surface area (Å²) in [6.07, 6.45) is 0. The first-order chi connectivity index (χ1) is 12.5. The topological polar surface area (TPSA) is 79.5 Å². The second-order valence-corrected chi connectivity index (χ2v) is 5.47. The van der Waals surface area contributed by atoms with Crippen molar-refractivity contribution in [3.05, 3.63) is 54.1 Å². The number of hydrogen-bond donors (Lipinski definition) is 3. The largest absolute Gasteiger partial charge is 0.481 e. The van der Waals surface area contributed by atoms with Crippen molar-refractivity contribution < 1.29 is 14.3 Å². The summed E-state index contributed by atoms with van der Waals surface area (Å²) < 4.78 is 5.49. The molecular formula is C20H21N3O3. The van der Waals surface area contributed by atoms with E-state index in [1.54, 1.807) is 24.3 Å². The minimum atomic E-state index is -0.308. The van der Waals surface area contributed by atoms with Crippen molar-refractivity contribution in [2.75, 3.05) is 23.8 Å². The third-order valence-corrected chi connectivity index (χ3v) is 3.32. The second kappa shape index (κ2) is 9.74. The van der Waals surface area contributed by atoms with Gasteiger partial charge >= 0.3 is 6.03 Å². The van der Waals surface area contributed by atoms with Crippen LogP contribution < -0.4 is 20.7 Å². The van der Waals surface area contributed by atoms with Crippen LogP contribution in [0.25, 0.3) is 0 Å². The molecule has 0 bridgehead atoms. The molecule has 2 rings (SSSR count). The Morgan fingerprint density at radius 3 is 2.62 bits per heavy atom. The number of para-hydroxylation sites is 1. The van der Waals surface area contributed by atoms with Gasteiger partial charge in [-0.25, -0.2) is 4.79 Å². The van der Waals surface area contributed by atoms with Crippen LogP contribution in [0.1, 0.15) is 12.5 Å². The highest BCUT2D eigenvalue weighted by Crippen LogP contribution is 2.17. The van der Waals surface area contributed by atoms with E-state index in [2.05, 4.69) is 27.8 Å². The summed E-state index contributed by atoms with van der Waals surface area (Å²) >= 11 is 0. The summed E-state index contributed by atoms with van der Waals surface area (Å²) in [5.41, 5.74) is 2.42. The molecule has 0 radical (unpaired) electrons. The molecule has 26 heavy (non-hydrogen) atoms. The molecule has 0 spiro atoms. The zero-order valence-corrected chi connectivity index (χ0v) is 14.8. The Morgan fingerprint density at radius 2 is 1.85 bits per heavy atom. The van der Waals surface area contributed by atoms with E-state index in [1.807, 2.05) is 31.2 Å². The fraction of sp³-hybridized carbons (Fsp3) is 0.200. The van der Waals surface area contributed by atoms with E-state index in [0.717, 1.165) is 11.3 Å². The van der Waals surface area contributed by atoms with Crippen molar-refractivity contribution in [2.24, 2.45) is 0 Å². The molecule has 0 fully saturated rings. The SMILES string of the molecule is CC(=O)Nc1cccc(OCC#CCNC(=O)Nc2ccccc2C)c1. The second-order valence-electron chi connectivity index (χ2n) is 5.47. The summed E-state index contributed by atoms with van der Waals surface area (Å²) in [7, 11) is 0. The summed E-state index contributed by atoms with van der Waals surface area (Å²) in [5.74, 6) is 6.11. The van der Waals surface area contributed by atoms with Crippen LogP contribution in [0, 0.1) is 18.8 Å². The van der Waals surface area contributed by atoms with Gasteiger partial charge in [-0.2, -0.15) is 0 Å². The number of hydrogen-bond acceptors (Lipinski definition) is 3. The van der Waals surface area contributed by atoms with Gasteiger partial charge in [0.1, 0.15) is 12.4 Å². The monoisotopic (exact) mass is 351 g/mol. The van der Waals surface area contributed by atoms with Crippen LogP contribution in [0.3, 0.4) is 0 Å². The third kappa shape index (κ3) is 6.57. The highest BCUT2D eigenvalue weighted by molar-refractivity contribution is 5.90. The molecule has 0 aromatic heterocycles. The number of rotatable bonds is 5. The first kappa shape index (κ1) is 18.9. The maximum absolute atomic E-state index is 11.8. The van der Waals surface area contributed by atoms with Gasteiger partial charge in [-0.1, -0.05) is 36.1 Å². The maximum Gasteiger partial charge on any atom is 0.320 e. The normalized spacial score (nSPS) is 9.46. The average Bonchev–Trinajstić information content (AvgIpc) is 2.60. The van der Waals surface area contributed by atoms with Crippen LogP contribution >= 0.6 is 0 Å². The number of anilines is 2. The third-order valence-electron chi connectivity index (χ3n) is 3.32. The quantitative estimate of drug-likeness (QED) is 0.724. The molecule has 3 N–H and O–H groups in total. The lowest BCUT2D eigenvalue weighted by atomic mass is 10.2. The van der Waals surface area contributed by atoms with Crippen LogP contribution in [0.5, 0.6) is 5.75 Å². The number of carbonyl (C=O) groups is 2. The van der Waals surface area contributed by atoms with Gasteiger partial charge in [-0.05, 0) is 30.7 Å². The molecule has 0 aliphatic heterocycles. The molecule has 0 aliphatic rings. The maximum atomic E-state index is 11.8. The lowest BCUT2D eigenvalue weighted by molar-refractivity contribution is -0.114. The van der Waals surface area contributed by atoms with Gasteiger partial charge < -0.3 is 20.7 Å². The highest BCUT2D eigenvalue weighted by Gasteiger charge is 2.01. The molecule has 0 saturated carbocycles. The molecule has 0 unspecified atom stereocenters. The van der Waals surface area contributed by atoms with E-state index < -0.39 is 0 Å². The van der Waals surface area contributed by atoms with Crippen molar-refractivity contribution >= 4 is 23.3 Å². The molecule has 6 nitrogen and oxygen atoms in total. The first-order valence-electron chi connectivity index (χ1n) is 8.11. The van der Waals surface area contributed by atoms with Crippen molar-refractivity contribution in [3.8, 4) is 17.6 Å². The van der Waals surface area contributed by atoms with Gasteiger partial charge in [0.2, 0.25) is 5.91 Å². The molecule has 0 heterocycles. The van der Waals surface area contributed by atoms with Gasteiger partial charge in [-0.15, -0.1) is 0 Å². The molecule has 6 heteroatoms. The summed E-state index contributed by atoms with van der Waals surface area (Å²) in [6, 6.07) is 14.3. The predicted octanol–water partition coefficient (Wildman–Crippen LogP) is 3.16. The Bertz CT molecular complexity index is 837. The van der Waals surface area contributed by atoms with Gasteiger partial charge in [0.25, 0.3) is 0 Å². The lowest BCUT2D eigenvalue weighted by Crippen LogP contribution is -2.29. The number of amides is 3. The number of carbonyl (C=O) groups excluding carboxylic acids is 2.